The van der Waals surface area contributed by atoms with Gasteiger partial charge in [0.2, 0.25) is 5.91 Å². The van der Waals surface area contributed by atoms with Gasteiger partial charge in [-0.15, -0.1) is 0 Å². The summed E-state index contributed by atoms with van der Waals surface area (Å²) in [5, 5.41) is 13.0. The van der Waals surface area contributed by atoms with E-state index in [2.05, 4.69) is 17.9 Å². The number of carbonyl (C=O) groups is 2. The van der Waals surface area contributed by atoms with Crippen molar-refractivity contribution in [2.24, 2.45) is 0 Å². The van der Waals surface area contributed by atoms with Crippen LogP contribution in [0.25, 0.3) is 0 Å². The van der Waals surface area contributed by atoms with Crippen LogP contribution in [0.5, 0.6) is 0 Å². The van der Waals surface area contributed by atoms with Gasteiger partial charge < -0.3 is 15.2 Å². The van der Waals surface area contributed by atoms with E-state index in [0.29, 0.717) is 0 Å². The topological polar surface area (TPSA) is 69.2 Å². The standard InChI is InChI=1S/C9H9NO3S/c11-8(5-14)10-7-4-2-1-3-6(7)9(12)13/h1-4,14H,5H2,(H,10,11)(H,12,13)/p-1. The van der Waals surface area contributed by atoms with Crippen molar-refractivity contribution in [1.29, 1.82) is 0 Å². The molecule has 1 aromatic carbocycles. The second-order valence-electron chi connectivity index (χ2n) is 2.54. The van der Waals surface area contributed by atoms with Crippen LogP contribution in [0, 0.1) is 0 Å². The number of thiol groups is 1. The molecule has 0 aliphatic carbocycles. The van der Waals surface area contributed by atoms with Crippen molar-refractivity contribution in [2.75, 3.05) is 11.1 Å². The minimum Gasteiger partial charge on any atom is -0.545 e. The zero-order valence-electron chi connectivity index (χ0n) is 7.19. The SMILES string of the molecule is O=C(CS)Nc1ccccc1C(=O)[O-]. The number of para-hydroxylation sites is 1. The minimum atomic E-state index is -1.32. The van der Waals surface area contributed by atoms with Crippen molar-refractivity contribution in [1.82, 2.24) is 0 Å². The number of rotatable bonds is 3. The Morgan fingerprint density at radius 3 is 2.57 bits per heavy atom. The van der Waals surface area contributed by atoms with Gasteiger partial charge in [0.15, 0.2) is 0 Å². The van der Waals surface area contributed by atoms with Crippen LogP contribution in [0.1, 0.15) is 10.4 Å². The third kappa shape index (κ3) is 2.50. The highest BCUT2D eigenvalue weighted by Crippen LogP contribution is 2.13. The molecule has 74 valence electrons. The van der Waals surface area contributed by atoms with Gasteiger partial charge in [0.1, 0.15) is 0 Å². The number of carboxylic acids is 1. The average Bonchev–Trinajstić information content (AvgIpc) is 2.18. The monoisotopic (exact) mass is 210 g/mol. The van der Waals surface area contributed by atoms with Crippen LogP contribution < -0.4 is 10.4 Å². The van der Waals surface area contributed by atoms with Crippen molar-refractivity contribution in [3.63, 3.8) is 0 Å². The van der Waals surface area contributed by atoms with Crippen molar-refractivity contribution in [2.45, 2.75) is 0 Å². The Morgan fingerprint density at radius 2 is 2.00 bits per heavy atom. The molecule has 0 bridgehead atoms. The second-order valence-corrected chi connectivity index (χ2v) is 2.86. The summed E-state index contributed by atoms with van der Waals surface area (Å²) in [6, 6.07) is 6.04. The Bertz CT molecular complexity index is 365. The molecule has 1 aromatic rings. The number of hydrogen-bond donors (Lipinski definition) is 2. The molecule has 1 amide bonds. The first-order chi connectivity index (χ1) is 6.65. The van der Waals surface area contributed by atoms with Gasteiger partial charge in [-0.1, -0.05) is 18.2 Å². The van der Waals surface area contributed by atoms with E-state index in [1.807, 2.05) is 0 Å². The van der Waals surface area contributed by atoms with Crippen LogP contribution in [0.3, 0.4) is 0 Å². The highest BCUT2D eigenvalue weighted by Gasteiger charge is 2.04. The lowest BCUT2D eigenvalue weighted by molar-refractivity contribution is -0.254. The van der Waals surface area contributed by atoms with Crippen molar-refractivity contribution < 1.29 is 14.7 Å². The molecule has 0 aliphatic rings. The summed E-state index contributed by atoms with van der Waals surface area (Å²) < 4.78 is 0. The maximum absolute atomic E-state index is 11.0. The van der Waals surface area contributed by atoms with E-state index in [0.717, 1.165) is 0 Å². The quantitative estimate of drug-likeness (QED) is 0.685. The van der Waals surface area contributed by atoms with E-state index in [1.54, 1.807) is 12.1 Å². The van der Waals surface area contributed by atoms with Crippen LogP contribution in [0.2, 0.25) is 0 Å². The van der Waals surface area contributed by atoms with E-state index in [-0.39, 0.29) is 22.9 Å². The lowest BCUT2D eigenvalue weighted by atomic mass is 10.2. The number of hydrogen-bond acceptors (Lipinski definition) is 4. The molecular weight excluding hydrogens is 202 g/mol. The first kappa shape index (κ1) is 10.6. The van der Waals surface area contributed by atoms with Crippen molar-refractivity contribution in [3.8, 4) is 0 Å². The van der Waals surface area contributed by atoms with Crippen molar-refractivity contribution >= 4 is 30.2 Å². The van der Waals surface area contributed by atoms with E-state index in [4.69, 9.17) is 0 Å². The number of carboxylic acid groups (broad SMARTS) is 1. The van der Waals surface area contributed by atoms with Crippen LogP contribution in [0.4, 0.5) is 5.69 Å². The molecule has 1 rings (SSSR count). The van der Waals surface area contributed by atoms with Gasteiger partial charge in [-0.05, 0) is 6.07 Å². The fraction of sp³-hybridized carbons (Fsp3) is 0.111. The fourth-order valence-corrected chi connectivity index (χ4v) is 1.04. The molecule has 0 heterocycles. The molecule has 0 saturated carbocycles. The average molecular weight is 210 g/mol. The van der Waals surface area contributed by atoms with Crippen LogP contribution >= 0.6 is 12.6 Å². The van der Waals surface area contributed by atoms with Crippen molar-refractivity contribution in [3.05, 3.63) is 29.8 Å². The molecule has 0 aromatic heterocycles. The van der Waals surface area contributed by atoms with E-state index in [1.165, 1.54) is 12.1 Å². The first-order valence-corrected chi connectivity index (χ1v) is 4.49. The van der Waals surface area contributed by atoms with Gasteiger partial charge in [-0.2, -0.15) is 12.6 Å². The number of aromatic carboxylic acids is 1. The minimum absolute atomic E-state index is 0.00137. The smallest absolute Gasteiger partial charge is 0.234 e. The van der Waals surface area contributed by atoms with Gasteiger partial charge >= 0.3 is 0 Å². The Hall–Kier alpha value is -1.49. The molecule has 1 N–H and O–H groups in total. The summed E-state index contributed by atoms with van der Waals surface area (Å²) in [4.78, 5) is 21.6. The van der Waals surface area contributed by atoms with E-state index < -0.39 is 5.97 Å². The number of nitrogens with one attached hydrogen (secondary N) is 1. The van der Waals surface area contributed by atoms with Gasteiger partial charge in [0.05, 0.1) is 11.7 Å². The van der Waals surface area contributed by atoms with Crippen LogP contribution in [0.15, 0.2) is 24.3 Å². The van der Waals surface area contributed by atoms with Crippen LogP contribution in [-0.4, -0.2) is 17.6 Å². The zero-order chi connectivity index (χ0) is 10.6. The van der Waals surface area contributed by atoms with Crippen LogP contribution in [-0.2, 0) is 4.79 Å². The zero-order valence-corrected chi connectivity index (χ0v) is 8.08. The Balaban J connectivity index is 2.95. The van der Waals surface area contributed by atoms with Gasteiger partial charge in [-0.3, -0.25) is 4.79 Å². The van der Waals surface area contributed by atoms with Gasteiger partial charge in [-0.25, -0.2) is 0 Å². The second kappa shape index (κ2) is 4.66. The highest BCUT2D eigenvalue weighted by atomic mass is 32.1. The predicted octanol–water partition coefficient (Wildman–Crippen LogP) is -0.0816. The molecule has 0 unspecified atom stereocenters. The summed E-state index contributed by atoms with van der Waals surface area (Å²) >= 11 is 3.76. The maximum Gasteiger partial charge on any atom is 0.234 e. The summed E-state index contributed by atoms with van der Waals surface area (Å²) in [6.07, 6.45) is 0. The van der Waals surface area contributed by atoms with E-state index in [9.17, 15) is 14.7 Å². The summed E-state index contributed by atoms with van der Waals surface area (Å²) in [5.74, 6) is -1.68. The third-order valence-corrected chi connectivity index (χ3v) is 1.85. The molecule has 0 atom stereocenters. The number of amides is 1. The summed E-state index contributed by atoms with van der Waals surface area (Å²) in [6.45, 7) is 0. The first-order valence-electron chi connectivity index (χ1n) is 3.86. The molecular formula is C9H8NO3S-. The highest BCUT2D eigenvalue weighted by molar-refractivity contribution is 7.81. The maximum atomic E-state index is 11.0. The van der Waals surface area contributed by atoms with Gasteiger partial charge in [0.25, 0.3) is 0 Å². The predicted molar refractivity (Wildman–Crippen MR) is 53.3 cm³/mol. The Morgan fingerprint density at radius 1 is 1.36 bits per heavy atom. The molecule has 0 spiro atoms. The molecule has 0 saturated heterocycles. The third-order valence-electron chi connectivity index (χ3n) is 1.56. The van der Waals surface area contributed by atoms with Gasteiger partial charge in [0, 0.05) is 11.3 Å². The molecule has 14 heavy (non-hydrogen) atoms. The lowest BCUT2D eigenvalue weighted by Crippen LogP contribution is -2.25. The lowest BCUT2D eigenvalue weighted by Gasteiger charge is -2.10. The number of benzene rings is 1. The Kier molecular flexibility index (Phi) is 3.53. The van der Waals surface area contributed by atoms with E-state index >= 15 is 0 Å². The summed E-state index contributed by atoms with van der Waals surface area (Å²) in [5.41, 5.74) is 0.189. The molecule has 0 aliphatic heterocycles. The molecule has 0 fully saturated rings. The molecule has 5 heteroatoms. The molecule has 4 nitrogen and oxygen atoms in total. The largest absolute Gasteiger partial charge is 0.545 e. The summed E-state index contributed by atoms with van der Waals surface area (Å²) in [7, 11) is 0. The number of anilines is 1. The number of carbonyl (C=O) groups excluding carboxylic acids is 2. The Labute approximate surface area is 86.3 Å². The fourth-order valence-electron chi connectivity index (χ4n) is 0.960. The normalized spacial score (nSPS) is 9.50. The molecule has 0 radical (unpaired) electrons.